The van der Waals surface area contributed by atoms with Crippen LogP contribution in [0.4, 0.5) is 16.2 Å². The molecule has 0 saturated carbocycles. The molecular weight excluding hydrogens is 414 g/mol. The summed E-state index contributed by atoms with van der Waals surface area (Å²) >= 11 is 1.09. The highest BCUT2D eigenvalue weighted by Crippen LogP contribution is 2.31. The molecule has 8 nitrogen and oxygen atoms in total. The number of hydrogen-bond acceptors (Lipinski definition) is 7. The smallest absolute Gasteiger partial charge is 0.323 e. The molecule has 1 aromatic heterocycles. The number of aromatic nitrogens is 1. The number of amides is 2. The van der Waals surface area contributed by atoms with E-state index in [2.05, 4.69) is 15.6 Å². The van der Waals surface area contributed by atoms with Gasteiger partial charge in [-0.1, -0.05) is 0 Å². The molecule has 2 amide bonds. The van der Waals surface area contributed by atoms with E-state index in [-0.39, 0.29) is 4.34 Å². The van der Waals surface area contributed by atoms with E-state index >= 15 is 0 Å². The largest absolute Gasteiger partial charge is 0.493 e. The van der Waals surface area contributed by atoms with E-state index in [1.54, 1.807) is 50.2 Å². The van der Waals surface area contributed by atoms with Crippen molar-refractivity contribution in [1.82, 2.24) is 4.98 Å². The minimum absolute atomic E-state index is 0.0782. The zero-order chi connectivity index (χ0) is 21.2. The van der Waals surface area contributed by atoms with Crippen LogP contribution in [0.15, 0.2) is 40.7 Å². The number of nitrogens with zero attached hydrogens (tertiary/aromatic N) is 1. The Kier molecular flexibility index (Phi) is 5.94. The van der Waals surface area contributed by atoms with Crippen LogP contribution < -0.4 is 20.1 Å². The summed E-state index contributed by atoms with van der Waals surface area (Å²) in [6, 6.07) is 9.62. The fourth-order valence-corrected chi connectivity index (χ4v) is 5.19. The number of rotatable bonds is 6. The maximum atomic E-state index is 12.3. The van der Waals surface area contributed by atoms with Crippen molar-refractivity contribution in [2.45, 2.75) is 23.4 Å². The van der Waals surface area contributed by atoms with Crippen LogP contribution in [0.2, 0.25) is 0 Å². The molecule has 10 heteroatoms. The van der Waals surface area contributed by atoms with Gasteiger partial charge in [-0.05, 0) is 44.2 Å². The van der Waals surface area contributed by atoms with Gasteiger partial charge >= 0.3 is 6.03 Å². The third kappa shape index (κ3) is 4.43. The molecular formula is C19H21N3O5S2. The molecule has 0 unspecified atom stereocenters. The molecule has 0 fully saturated rings. The Balaban J connectivity index is 1.77. The topological polar surface area (TPSA) is 107 Å². The summed E-state index contributed by atoms with van der Waals surface area (Å²) in [6.45, 7) is 3.24. The van der Waals surface area contributed by atoms with E-state index < -0.39 is 21.1 Å². The van der Waals surface area contributed by atoms with Crippen molar-refractivity contribution in [2.24, 2.45) is 0 Å². The molecule has 0 aliphatic rings. The number of fused-ring (bicyclic) bond motifs is 1. The summed E-state index contributed by atoms with van der Waals surface area (Å²) in [5, 5.41) is 4.89. The van der Waals surface area contributed by atoms with Crippen LogP contribution in [0.1, 0.15) is 13.8 Å². The van der Waals surface area contributed by atoms with Gasteiger partial charge in [0.05, 0.1) is 29.7 Å². The molecule has 0 radical (unpaired) electrons. The van der Waals surface area contributed by atoms with Gasteiger partial charge < -0.3 is 20.1 Å². The second-order valence-corrected chi connectivity index (χ2v) is 10.1. The fraction of sp³-hybridized carbons (Fsp3) is 0.263. The molecule has 0 spiro atoms. The number of nitrogens with one attached hydrogen (secondary N) is 2. The molecule has 2 aromatic carbocycles. The van der Waals surface area contributed by atoms with Gasteiger partial charge in [0.15, 0.2) is 11.5 Å². The summed E-state index contributed by atoms with van der Waals surface area (Å²) in [7, 11) is -0.396. The zero-order valence-electron chi connectivity index (χ0n) is 16.3. The number of anilines is 2. The molecule has 0 bridgehead atoms. The Morgan fingerprint density at radius 2 is 1.62 bits per heavy atom. The molecule has 0 aliphatic carbocycles. The highest BCUT2D eigenvalue weighted by Gasteiger charge is 2.23. The first-order valence-electron chi connectivity index (χ1n) is 8.69. The Bertz CT molecular complexity index is 1160. The Morgan fingerprint density at radius 1 is 1.00 bits per heavy atom. The predicted octanol–water partition coefficient (Wildman–Crippen LogP) is 4.14. The number of sulfone groups is 1. The maximum absolute atomic E-state index is 12.3. The highest BCUT2D eigenvalue weighted by atomic mass is 32.2. The second kappa shape index (κ2) is 8.26. The monoisotopic (exact) mass is 435 g/mol. The zero-order valence-corrected chi connectivity index (χ0v) is 18.0. The minimum Gasteiger partial charge on any atom is -0.493 e. The molecule has 1 heterocycles. The van der Waals surface area contributed by atoms with Crippen LogP contribution in [0.5, 0.6) is 11.5 Å². The van der Waals surface area contributed by atoms with Crippen LogP contribution >= 0.6 is 11.3 Å². The molecule has 3 aromatic rings. The number of methoxy groups -OCH3 is 2. The first-order chi connectivity index (χ1) is 13.7. The van der Waals surface area contributed by atoms with Gasteiger partial charge in [0.1, 0.15) is 0 Å². The molecule has 0 aliphatic heterocycles. The highest BCUT2D eigenvalue weighted by molar-refractivity contribution is 7.94. The first-order valence-corrected chi connectivity index (χ1v) is 11.1. The van der Waals surface area contributed by atoms with Crippen molar-refractivity contribution in [1.29, 1.82) is 0 Å². The second-order valence-electron chi connectivity index (χ2n) is 6.40. The summed E-state index contributed by atoms with van der Waals surface area (Å²) in [5.41, 5.74) is 1.62. The van der Waals surface area contributed by atoms with Gasteiger partial charge in [-0.25, -0.2) is 18.2 Å². The Labute approximate surface area is 172 Å². The van der Waals surface area contributed by atoms with Gasteiger partial charge in [0.2, 0.25) is 14.2 Å². The van der Waals surface area contributed by atoms with E-state index in [9.17, 15) is 13.2 Å². The van der Waals surface area contributed by atoms with Gasteiger partial charge in [-0.15, -0.1) is 11.3 Å². The average molecular weight is 436 g/mol. The molecule has 154 valence electrons. The van der Waals surface area contributed by atoms with Gasteiger partial charge in [-0.3, -0.25) is 0 Å². The normalized spacial score (nSPS) is 11.5. The van der Waals surface area contributed by atoms with Crippen LogP contribution in [0.25, 0.3) is 10.2 Å². The third-order valence-corrected chi connectivity index (χ3v) is 7.71. The minimum atomic E-state index is -3.44. The van der Waals surface area contributed by atoms with Crippen LogP contribution in [-0.4, -0.2) is 38.9 Å². The Hall–Kier alpha value is -2.85. The summed E-state index contributed by atoms with van der Waals surface area (Å²) in [5.74, 6) is 1.05. The number of hydrogen-bond donors (Lipinski definition) is 2. The maximum Gasteiger partial charge on any atom is 0.323 e. The summed E-state index contributed by atoms with van der Waals surface area (Å²) in [6.07, 6.45) is 0. The van der Waals surface area contributed by atoms with Gasteiger partial charge in [0.25, 0.3) is 0 Å². The molecule has 0 saturated heterocycles. The number of thiazole rings is 1. The number of urea groups is 1. The van der Waals surface area contributed by atoms with Crippen molar-refractivity contribution in [3.63, 3.8) is 0 Å². The third-order valence-electron chi connectivity index (χ3n) is 4.13. The average Bonchev–Trinajstić information content (AvgIpc) is 3.11. The van der Waals surface area contributed by atoms with E-state index in [0.29, 0.717) is 33.1 Å². The fourth-order valence-electron chi connectivity index (χ4n) is 2.51. The van der Waals surface area contributed by atoms with Crippen molar-refractivity contribution in [3.05, 3.63) is 36.4 Å². The Morgan fingerprint density at radius 3 is 2.24 bits per heavy atom. The lowest BCUT2D eigenvalue weighted by molar-refractivity contribution is 0.262. The lowest BCUT2D eigenvalue weighted by Gasteiger charge is -2.11. The summed E-state index contributed by atoms with van der Waals surface area (Å²) < 4.78 is 35.8. The van der Waals surface area contributed by atoms with Crippen LogP contribution in [0, 0.1) is 0 Å². The number of carbonyl (C=O) groups is 1. The van der Waals surface area contributed by atoms with E-state index in [4.69, 9.17) is 9.47 Å². The lowest BCUT2D eigenvalue weighted by Crippen LogP contribution is -2.19. The number of carbonyl (C=O) groups excluding carboxylic acids is 1. The SMILES string of the molecule is COc1ccc(NC(=O)Nc2ccc3nc(S(=O)(=O)C(C)C)sc3c2)cc1OC. The lowest BCUT2D eigenvalue weighted by atomic mass is 10.2. The molecule has 3 rings (SSSR count). The molecule has 2 N–H and O–H groups in total. The van der Waals surface area contributed by atoms with Crippen molar-refractivity contribution >= 4 is 48.8 Å². The van der Waals surface area contributed by atoms with E-state index in [1.165, 1.54) is 14.2 Å². The van der Waals surface area contributed by atoms with Gasteiger partial charge in [-0.2, -0.15) is 0 Å². The molecule has 29 heavy (non-hydrogen) atoms. The van der Waals surface area contributed by atoms with E-state index in [0.717, 1.165) is 11.3 Å². The van der Waals surface area contributed by atoms with E-state index in [1.807, 2.05) is 0 Å². The number of ether oxygens (including phenoxy) is 2. The van der Waals surface area contributed by atoms with Crippen LogP contribution in [-0.2, 0) is 9.84 Å². The van der Waals surface area contributed by atoms with Gasteiger partial charge in [0, 0.05) is 17.4 Å². The standard InChI is InChI=1S/C19H21N3O5S2/c1-11(2)29(24,25)19-22-14-7-5-13(10-17(14)28-19)21-18(23)20-12-6-8-15(26-3)16(9-12)27-4/h5-11H,1-4H3,(H2,20,21,23). The first kappa shape index (κ1) is 20.9. The predicted molar refractivity (Wildman–Crippen MR) is 114 cm³/mol. The molecule has 0 atom stereocenters. The van der Waals surface area contributed by atoms with Crippen molar-refractivity contribution in [3.8, 4) is 11.5 Å². The van der Waals surface area contributed by atoms with Crippen LogP contribution in [0.3, 0.4) is 0 Å². The van der Waals surface area contributed by atoms with Crippen molar-refractivity contribution in [2.75, 3.05) is 24.9 Å². The summed E-state index contributed by atoms with van der Waals surface area (Å²) in [4.78, 5) is 16.5. The quantitative estimate of drug-likeness (QED) is 0.603. The number of benzene rings is 2. The van der Waals surface area contributed by atoms with Crippen molar-refractivity contribution < 1.29 is 22.7 Å².